The van der Waals surface area contributed by atoms with Gasteiger partial charge in [0.05, 0.1) is 22.4 Å². The number of anilines is 3. The molecule has 248 valence electrons. The van der Waals surface area contributed by atoms with Crippen molar-refractivity contribution < 1.29 is 4.74 Å². The van der Waals surface area contributed by atoms with Crippen molar-refractivity contribution in [3.05, 3.63) is 194 Å². The molecule has 0 amide bonds. The molecule has 0 radical (unpaired) electrons. The summed E-state index contributed by atoms with van der Waals surface area (Å²) in [5.74, 6) is 1.74. The van der Waals surface area contributed by atoms with Gasteiger partial charge in [-0.25, -0.2) is 0 Å². The Kier molecular flexibility index (Phi) is 6.55. The Balaban J connectivity index is 1.06. The molecule has 0 aliphatic carbocycles. The Labute approximate surface area is 307 Å². The van der Waals surface area contributed by atoms with E-state index in [1.54, 1.807) is 0 Å². The first-order chi connectivity index (χ1) is 26.3. The average Bonchev–Trinajstić information content (AvgIpc) is 3.57. The summed E-state index contributed by atoms with van der Waals surface area (Å²) >= 11 is 0. The van der Waals surface area contributed by atoms with Gasteiger partial charge in [0.1, 0.15) is 0 Å². The summed E-state index contributed by atoms with van der Waals surface area (Å²) in [5.41, 5.74) is 11.2. The third-order valence-electron chi connectivity index (χ3n) is 10.7. The van der Waals surface area contributed by atoms with E-state index in [-0.39, 0.29) is 0 Å². The Bertz CT molecular complexity index is 3040. The average molecular weight is 677 g/mol. The van der Waals surface area contributed by atoms with Crippen LogP contribution in [-0.2, 0) is 0 Å². The highest BCUT2D eigenvalue weighted by Crippen LogP contribution is 2.49. The molecule has 0 bridgehead atoms. The number of rotatable bonds is 5. The van der Waals surface area contributed by atoms with Crippen LogP contribution < -0.4 is 9.64 Å². The molecule has 1 aliphatic heterocycles. The lowest BCUT2D eigenvalue weighted by molar-refractivity contribution is 0.478. The normalized spacial score (nSPS) is 11.9. The van der Waals surface area contributed by atoms with Gasteiger partial charge in [-0.2, -0.15) is 0 Å². The maximum absolute atomic E-state index is 6.84. The number of ether oxygens (including phenoxy) is 1. The smallest absolute Gasteiger partial charge is 0.159 e. The minimum atomic E-state index is 0.863. The van der Waals surface area contributed by atoms with E-state index in [4.69, 9.17) is 4.74 Å². The number of para-hydroxylation sites is 3. The highest BCUT2D eigenvalue weighted by molar-refractivity contribution is 6.12. The summed E-state index contributed by atoms with van der Waals surface area (Å²) < 4.78 is 9.21. The van der Waals surface area contributed by atoms with Crippen LogP contribution in [0.5, 0.6) is 11.5 Å². The summed E-state index contributed by atoms with van der Waals surface area (Å²) in [4.78, 5) is 2.38. The van der Waals surface area contributed by atoms with Crippen LogP contribution in [0.4, 0.5) is 17.1 Å². The van der Waals surface area contributed by atoms with Gasteiger partial charge in [-0.3, -0.25) is 0 Å². The van der Waals surface area contributed by atoms with Crippen LogP contribution >= 0.6 is 0 Å². The van der Waals surface area contributed by atoms with Crippen LogP contribution in [0.3, 0.4) is 0 Å². The van der Waals surface area contributed by atoms with Crippen molar-refractivity contribution >= 4 is 60.4 Å². The van der Waals surface area contributed by atoms with Gasteiger partial charge < -0.3 is 14.2 Å². The highest BCUT2D eigenvalue weighted by Gasteiger charge is 2.26. The minimum Gasteiger partial charge on any atom is -0.452 e. The van der Waals surface area contributed by atoms with Crippen LogP contribution in [-0.4, -0.2) is 4.57 Å². The van der Waals surface area contributed by atoms with Gasteiger partial charge in [-0.1, -0.05) is 140 Å². The van der Waals surface area contributed by atoms with Crippen LogP contribution in [0.25, 0.3) is 71.3 Å². The molecule has 0 fully saturated rings. The summed E-state index contributed by atoms with van der Waals surface area (Å²) in [7, 11) is 0. The second-order valence-electron chi connectivity index (χ2n) is 13.8. The standard InChI is InChI=1S/C50H32N2O/c1-2-13-36-31-37(26-25-33(36)11-1)34-27-29-39(30-28-34)51(45-22-8-14-35-12-3-4-17-41(35)45)40-16-7-15-38(32-40)42-19-9-23-47-50(42)53-48-24-10-20-44-43-18-5-6-21-46(43)52(47)49(44)48/h1-32H. The number of hydrogen-bond acceptors (Lipinski definition) is 2. The molecular formula is C50H32N2O. The number of fused-ring (bicyclic) bond motifs is 7. The fourth-order valence-electron chi connectivity index (χ4n) is 8.28. The maximum Gasteiger partial charge on any atom is 0.159 e. The second kappa shape index (κ2) is 11.7. The largest absolute Gasteiger partial charge is 0.452 e. The number of benzene rings is 9. The summed E-state index contributed by atoms with van der Waals surface area (Å²) in [6.07, 6.45) is 0. The molecule has 3 heteroatoms. The Hall–Kier alpha value is -7.10. The molecule has 53 heavy (non-hydrogen) atoms. The molecule has 0 saturated carbocycles. The highest BCUT2D eigenvalue weighted by atomic mass is 16.5. The van der Waals surface area contributed by atoms with E-state index in [0.717, 1.165) is 50.9 Å². The summed E-state index contributed by atoms with van der Waals surface area (Å²) in [6, 6.07) is 69.7. The van der Waals surface area contributed by atoms with Gasteiger partial charge >= 0.3 is 0 Å². The van der Waals surface area contributed by atoms with Crippen molar-refractivity contribution in [2.45, 2.75) is 0 Å². The maximum atomic E-state index is 6.84. The fraction of sp³-hybridized carbons (Fsp3) is 0. The van der Waals surface area contributed by atoms with Crippen LogP contribution in [0.1, 0.15) is 0 Å². The van der Waals surface area contributed by atoms with E-state index in [0.29, 0.717) is 0 Å². The van der Waals surface area contributed by atoms with Gasteiger partial charge in [0.25, 0.3) is 0 Å². The molecule has 0 N–H and O–H groups in total. The van der Waals surface area contributed by atoms with Gasteiger partial charge in [-0.05, 0) is 87.4 Å². The van der Waals surface area contributed by atoms with E-state index in [1.807, 2.05) is 0 Å². The van der Waals surface area contributed by atoms with Crippen molar-refractivity contribution in [3.8, 4) is 39.4 Å². The third-order valence-corrected chi connectivity index (χ3v) is 10.7. The molecule has 0 saturated heterocycles. The van der Waals surface area contributed by atoms with Crippen LogP contribution in [0.15, 0.2) is 194 Å². The van der Waals surface area contributed by atoms with E-state index >= 15 is 0 Å². The number of hydrogen-bond donors (Lipinski definition) is 0. The molecule has 10 aromatic rings. The second-order valence-corrected chi connectivity index (χ2v) is 13.8. The van der Waals surface area contributed by atoms with Crippen molar-refractivity contribution in [2.24, 2.45) is 0 Å². The van der Waals surface area contributed by atoms with Gasteiger partial charge in [0, 0.05) is 33.1 Å². The molecular weight excluding hydrogens is 645 g/mol. The predicted octanol–water partition coefficient (Wildman–Crippen LogP) is 14.0. The fourth-order valence-corrected chi connectivity index (χ4v) is 8.28. The first kappa shape index (κ1) is 29.6. The van der Waals surface area contributed by atoms with Crippen molar-refractivity contribution in [2.75, 3.05) is 4.90 Å². The first-order valence-corrected chi connectivity index (χ1v) is 18.1. The molecule has 3 nitrogen and oxygen atoms in total. The Morgan fingerprint density at radius 1 is 0.415 bits per heavy atom. The molecule has 2 heterocycles. The minimum absolute atomic E-state index is 0.863. The topological polar surface area (TPSA) is 17.4 Å². The van der Waals surface area contributed by atoms with Crippen molar-refractivity contribution in [1.82, 2.24) is 4.57 Å². The van der Waals surface area contributed by atoms with E-state index in [9.17, 15) is 0 Å². The predicted molar refractivity (Wildman–Crippen MR) is 221 cm³/mol. The lowest BCUT2D eigenvalue weighted by atomic mass is 9.99. The summed E-state index contributed by atoms with van der Waals surface area (Å²) in [6.45, 7) is 0. The van der Waals surface area contributed by atoms with Crippen LogP contribution in [0.2, 0.25) is 0 Å². The lowest BCUT2D eigenvalue weighted by Gasteiger charge is -2.28. The zero-order valence-corrected chi connectivity index (χ0v) is 28.8. The zero-order chi connectivity index (χ0) is 34.9. The molecule has 9 aromatic carbocycles. The molecule has 1 aliphatic rings. The third kappa shape index (κ3) is 4.68. The molecule has 0 unspecified atom stereocenters. The van der Waals surface area contributed by atoms with E-state index in [2.05, 4.69) is 204 Å². The van der Waals surface area contributed by atoms with Crippen molar-refractivity contribution in [3.63, 3.8) is 0 Å². The molecule has 0 atom stereocenters. The van der Waals surface area contributed by atoms with E-state index < -0.39 is 0 Å². The number of aromatic nitrogens is 1. The number of nitrogens with zero attached hydrogens (tertiary/aromatic N) is 2. The van der Waals surface area contributed by atoms with Crippen LogP contribution in [0, 0.1) is 0 Å². The molecule has 11 rings (SSSR count). The molecule has 1 aromatic heterocycles. The zero-order valence-electron chi connectivity index (χ0n) is 28.8. The Morgan fingerprint density at radius 3 is 2.02 bits per heavy atom. The SMILES string of the molecule is c1cc(-c2cccc3c2Oc2cccc4c5ccccc5n-3c24)cc(N(c2ccc(-c3ccc4ccccc4c3)cc2)c2cccc3ccccc23)c1. The quantitative estimate of drug-likeness (QED) is 0.181. The van der Waals surface area contributed by atoms with Gasteiger partial charge in [0.2, 0.25) is 0 Å². The van der Waals surface area contributed by atoms with E-state index in [1.165, 1.54) is 49.0 Å². The monoisotopic (exact) mass is 676 g/mol. The van der Waals surface area contributed by atoms with Gasteiger partial charge in [0.15, 0.2) is 11.5 Å². The summed E-state index contributed by atoms with van der Waals surface area (Å²) in [5, 5.41) is 7.32. The lowest BCUT2D eigenvalue weighted by Crippen LogP contribution is -2.10. The Morgan fingerprint density at radius 2 is 1.11 bits per heavy atom. The van der Waals surface area contributed by atoms with Gasteiger partial charge in [-0.15, -0.1) is 0 Å². The van der Waals surface area contributed by atoms with Crippen molar-refractivity contribution in [1.29, 1.82) is 0 Å². The molecule has 0 spiro atoms. The first-order valence-electron chi connectivity index (χ1n) is 18.1.